The van der Waals surface area contributed by atoms with E-state index in [9.17, 15) is 13.2 Å². The van der Waals surface area contributed by atoms with E-state index in [1.807, 2.05) is 30.0 Å². The van der Waals surface area contributed by atoms with Crippen molar-refractivity contribution < 1.29 is 13.2 Å². The number of hydrogen-bond acceptors (Lipinski definition) is 5. The number of halogens is 1. The highest BCUT2D eigenvalue weighted by Crippen LogP contribution is 2.45. The van der Waals surface area contributed by atoms with Gasteiger partial charge in [-0.2, -0.15) is 4.99 Å². The zero-order valence-electron chi connectivity index (χ0n) is 16.5. The lowest BCUT2D eigenvalue weighted by Crippen LogP contribution is -2.39. The number of rotatable bonds is 4. The number of fused-ring (bicyclic) bond motifs is 1. The zero-order valence-corrected chi connectivity index (χ0v) is 18.9. The third kappa shape index (κ3) is 4.44. The van der Waals surface area contributed by atoms with Gasteiger partial charge in [0.05, 0.1) is 28.9 Å². The van der Waals surface area contributed by atoms with Crippen LogP contribution in [0.1, 0.15) is 39.0 Å². The van der Waals surface area contributed by atoms with Gasteiger partial charge in [-0.1, -0.05) is 30.3 Å². The molecule has 6 nitrogen and oxygen atoms in total. The van der Waals surface area contributed by atoms with Crippen LogP contribution in [0, 0.1) is 0 Å². The summed E-state index contributed by atoms with van der Waals surface area (Å²) >= 11 is 7.76. The van der Waals surface area contributed by atoms with Gasteiger partial charge >= 0.3 is 0 Å². The molecule has 0 aliphatic carbocycles. The van der Waals surface area contributed by atoms with E-state index in [1.54, 1.807) is 0 Å². The maximum atomic E-state index is 12.3. The number of thioether (sulfide) groups is 1. The van der Waals surface area contributed by atoms with Crippen molar-refractivity contribution in [3.05, 3.63) is 23.2 Å². The number of hydrogen-bond donors (Lipinski definition) is 0. The Labute approximate surface area is 181 Å². The Balaban J connectivity index is 1.77. The van der Waals surface area contributed by atoms with E-state index in [0.29, 0.717) is 16.6 Å². The minimum Gasteiger partial charge on any atom is -0.370 e. The van der Waals surface area contributed by atoms with Crippen molar-refractivity contribution in [2.45, 2.75) is 50.3 Å². The minimum absolute atomic E-state index is 0.0910. The van der Waals surface area contributed by atoms with Crippen LogP contribution in [0.25, 0.3) is 0 Å². The summed E-state index contributed by atoms with van der Waals surface area (Å²) in [5.74, 6) is 0.0662. The van der Waals surface area contributed by atoms with Crippen LogP contribution in [0.2, 0.25) is 5.02 Å². The SMILES string of the molecule is CCCC(=O)N=C1S[C@H]2CS(=O)(=O)C[C@@H]2N1c1ccc(Cl)cc1N1CCCCC1. The largest absolute Gasteiger partial charge is 0.370 e. The van der Waals surface area contributed by atoms with Crippen LogP contribution < -0.4 is 9.80 Å². The van der Waals surface area contributed by atoms with E-state index in [1.165, 1.54) is 18.2 Å². The molecule has 3 fully saturated rings. The first-order chi connectivity index (χ1) is 13.9. The van der Waals surface area contributed by atoms with Crippen LogP contribution in [0.15, 0.2) is 23.2 Å². The number of amidine groups is 1. The molecule has 1 aromatic carbocycles. The van der Waals surface area contributed by atoms with E-state index < -0.39 is 9.84 Å². The maximum absolute atomic E-state index is 12.3. The summed E-state index contributed by atoms with van der Waals surface area (Å²) < 4.78 is 24.6. The van der Waals surface area contributed by atoms with Gasteiger partial charge < -0.3 is 9.80 Å². The monoisotopic (exact) mass is 455 g/mol. The van der Waals surface area contributed by atoms with Gasteiger partial charge in [-0.15, -0.1) is 0 Å². The summed E-state index contributed by atoms with van der Waals surface area (Å²) in [4.78, 5) is 21.0. The van der Waals surface area contributed by atoms with Gasteiger partial charge in [-0.25, -0.2) is 8.42 Å². The lowest BCUT2D eigenvalue weighted by molar-refractivity contribution is -0.117. The van der Waals surface area contributed by atoms with E-state index in [4.69, 9.17) is 11.6 Å². The molecule has 0 radical (unpaired) electrons. The molecule has 1 amide bonds. The van der Waals surface area contributed by atoms with Crippen LogP contribution in [-0.2, 0) is 14.6 Å². The first kappa shape index (κ1) is 21.0. The molecule has 0 spiro atoms. The molecular weight excluding hydrogens is 430 g/mol. The summed E-state index contributed by atoms with van der Waals surface area (Å²) in [6, 6.07) is 5.52. The standard InChI is InChI=1S/C20H26ClN3O3S2/c1-2-6-19(25)22-20-24(17-12-29(26,27)13-18(17)28-20)15-8-7-14(21)11-16(15)23-9-4-3-5-10-23/h7-8,11,17-18H,2-6,9-10,12-13H2,1H3/t17-,18-/m0/s1. The molecule has 29 heavy (non-hydrogen) atoms. The minimum atomic E-state index is -3.10. The number of nitrogens with zero attached hydrogens (tertiary/aromatic N) is 3. The Kier molecular flexibility index (Phi) is 6.14. The molecule has 0 bridgehead atoms. The van der Waals surface area contributed by atoms with Crippen LogP contribution in [0.5, 0.6) is 0 Å². The molecule has 0 aromatic heterocycles. The molecule has 0 saturated carbocycles. The van der Waals surface area contributed by atoms with Gasteiger partial charge in [0, 0.05) is 29.8 Å². The first-order valence-electron chi connectivity index (χ1n) is 10.2. The molecule has 3 aliphatic rings. The summed E-state index contributed by atoms with van der Waals surface area (Å²) in [7, 11) is -3.10. The van der Waals surface area contributed by atoms with Crippen molar-refractivity contribution in [2.75, 3.05) is 34.4 Å². The Bertz CT molecular complexity index is 929. The van der Waals surface area contributed by atoms with Crippen molar-refractivity contribution in [1.82, 2.24) is 0 Å². The van der Waals surface area contributed by atoms with Crippen molar-refractivity contribution in [1.29, 1.82) is 0 Å². The lowest BCUT2D eigenvalue weighted by atomic mass is 10.1. The van der Waals surface area contributed by atoms with Crippen molar-refractivity contribution in [3.63, 3.8) is 0 Å². The number of carbonyl (C=O) groups is 1. The van der Waals surface area contributed by atoms with Gasteiger partial charge in [0.25, 0.3) is 0 Å². The van der Waals surface area contributed by atoms with Crippen LogP contribution >= 0.6 is 23.4 Å². The quantitative estimate of drug-likeness (QED) is 0.688. The van der Waals surface area contributed by atoms with Crippen LogP contribution in [0.3, 0.4) is 0 Å². The molecule has 0 unspecified atom stereocenters. The highest BCUT2D eigenvalue weighted by Gasteiger charge is 2.50. The third-order valence-corrected chi connectivity index (χ3v) is 9.09. The highest BCUT2D eigenvalue weighted by atomic mass is 35.5. The summed E-state index contributed by atoms with van der Waals surface area (Å²) in [5, 5.41) is 1.17. The second-order valence-corrected chi connectivity index (χ2v) is 11.7. The second-order valence-electron chi connectivity index (χ2n) is 7.89. The predicted molar refractivity (Wildman–Crippen MR) is 121 cm³/mol. The van der Waals surface area contributed by atoms with Crippen molar-refractivity contribution in [3.8, 4) is 0 Å². The normalized spacial score (nSPS) is 27.4. The summed E-state index contributed by atoms with van der Waals surface area (Å²) in [5.41, 5.74) is 1.90. The van der Waals surface area contributed by atoms with Gasteiger partial charge in [-0.3, -0.25) is 4.79 Å². The molecule has 3 saturated heterocycles. The van der Waals surface area contributed by atoms with E-state index >= 15 is 0 Å². The van der Waals surface area contributed by atoms with E-state index in [2.05, 4.69) is 9.89 Å². The maximum Gasteiger partial charge on any atom is 0.248 e. The van der Waals surface area contributed by atoms with E-state index in [-0.39, 0.29) is 28.7 Å². The summed E-state index contributed by atoms with van der Waals surface area (Å²) in [6.45, 7) is 3.84. The molecular formula is C20H26ClN3O3S2. The Morgan fingerprint density at radius 3 is 2.69 bits per heavy atom. The smallest absolute Gasteiger partial charge is 0.248 e. The molecule has 158 valence electrons. The molecule has 3 heterocycles. The van der Waals surface area contributed by atoms with Crippen LogP contribution in [0.4, 0.5) is 11.4 Å². The molecule has 2 atom stereocenters. The lowest BCUT2D eigenvalue weighted by Gasteiger charge is -2.34. The number of benzene rings is 1. The number of anilines is 2. The molecule has 3 aliphatic heterocycles. The fraction of sp³-hybridized carbons (Fsp3) is 0.600. The first-order valence-corrected chi connectivity index (χ1v) is 13.3. The highest BCUT2D eigenvalue weighted by molar-refractivity contribution is 8.16. The number of piperidine rings is 1. The topological polar surface area (TPSA) is 70.0 Å². The number of carbonyl (C=O) groups excluding carboxylic acids is 1. The predicted octanol–water partition coefficient (Wildman–Crippen LogP) is 3.73. The fourth-order valence-electron chi connectivity index (χ4n) is 4.31. The Hall–Kier alpha value is -1.25. The third-order valence-electron chi connectivity index (χ3n) is 5.64. The van der Waals surface area contributed by atoms with Crippen LogP contribution in [-0.4, -0.2) is 55.4 Å². The average molecular weight is 456 g/mol. The Morgan fingerprint density at radius 2 is 1.97 bits per heavy atom. The van der Waals surface area contributed by atoms with Crippen molar-refractivity contribution >= 4 is 55.6 Å². The number of aliphatic imine (C=N–C) groups is 1. The van der Waals surface area contributed by atoms with Gasteiger partial charge in [0.15, 0.2) is 15.0 Å². The average Bonchev–Trinajstić information content (AvgIpc) is 3.13. The number of sulfone groups is 1. The molecule has 1 aromatic rings. The molecule has 4 rings (SSSR count). The fourth-order valence-corrected chi connectivity index (χ4v) is 8.40. The zero-order chi connectivity index (χ0) is 20.6. The molecule has 0 N–H and O–H groups in total. The van der Waals surface area contributed by atoms with Gasteiger partial charge in [0.1, 0.15) is 0 Å². The molecule has 9 heteroatoms. The second kappa shape index (κ2) is 8.47. The van der Waals surface area contributed by atoms with Gasteiger partial charge in [0.2, 0.25) is 5.91 Å². The Morgan fingerprint density at radius 1 is 1.21 bits per heavy atom. The van der Waals surface area contributed by atoms with E-state index in [0.717, 1.165) is 43.7 Å². The summed E-state index contributed by atoms with van der Waals surface area (Å²) in [6.07, 6.45) is 4.59. The number of amides is 1. The van der Waals surface area contributed by atoms with Crippen molar-refractivity contribution in [2.24, 2.45) is 4.99 Å². The van der Waals surface area contributed by atoms with Gasteiger partial charge in [-0.05, 0) is 43.9 Å².